The monoisotopic (exact) mass is 356 g/mol. The third-order valence-corrected chi connectivity index (χ3v) is 4.71. The summed E-state index contributed by atoms with van der Waals surface area (Å²) in [7, 11) is 0. The lowest BCUT2D eigenvalue weighted by Gasteiger charge is -2.17. The fourth-order valence-corrected chi connectivity index (χ4v) is 3.26. The number of benzene rings is 2. The van der Waals surface area contributed by atoms with Crippen LogP contribution < -0.4 is 0 Å². The van der Waals surface area contributed by atoms with E-state index in [0.717, 1.165) is 19.3 Å². The molecule has 27 heavy (non-hydrogen) atoms. The lowest BCUT2D eigenvalue weighted by atomic mass is 9.88. The molecule has 1 unspecified atom stereocenters. The van der Waals surface area contributed by atoms with Crippen LogP contribution in [0.5, 0.6) is 0 Å². The summed E-state index contributed by atoms with van der Waals surface area (Å²) in [6, 6.07) is 21.3. The highest BCUT2D eigenvalue weighted by Gasteiger charge is 2.11. The van der Waals surface area contributed by atoms with Crippen molar-refractivity contribution in [1.29, 1.82) is 0 Å². The average molecular weight is 357 g/mol. The first-order valence-corrected chi connectivity index (χ1v) is 10.1. The van der Waals surface area contributed by atoms with Crippen LogP contribution in [0.4, 0.5) is 0 Å². The molecule has 1 aliphatic carbocycles. The molecule has 0 heteroatoms. The molecule has 0 heterocycles. The van der Waals surface area contributed by atoms with Crippen LogP contribution in [0.3, 0.4) is 0 Å². The lowest BCUT2D eigenvalue weighted by Crippen LogP contribution is -2.01. The van der Waals surface area contributed by atoms with Gasteiger partial charge in [0.05, 0.1) is 0 Å². The Bertz CT molecular complexity index is 747. The van der Waals surface area contributed by atoms with Crippen molar-refractivity contribution in [2.24, 2.45) is 5.92 Å². The van der Waals surface area contributed by atoms with E-state index >= 15 is 0 Å². The predicted molar refractivity (Wildman–Crippen MR) is 121 cm³/mol. The van der Waals surface area contributed by atoms with E-state index in [-0.39, 0.29) is 0 Å². The van der Waals surface area contributed by atoms with Gasteiger partial charge in [-0.15, -0.1) is 0 Å². The molecule has 1 atom stereocenters. The molecule has 2 aromatic rings. The highest BCUT2D eigenvalue weighted by molar-refractivity contribution is 5.82. The molecule has 0 saturated heterocycles. The van der Waals surface area contributed by atoms with Crippen molar-refractivity contribution < 1.29 is 0 Å². The molecule has 0 aliphatic heterocycles. The minimum atomic E-state index is 0.566. The Morgan fingerprint density at radius 1 is 0.963 bits per heavy atom. The maximum absolute atomic E-state index is 4.18. The van der Waals surface area contributed by atoms with Gasteiger partial charge in [-0.25, -0.2) is 0 Å². The Balaban J connectivity index is 0.00000126. The molecule has 0 amide bonds. The molecule has 0 fully saturated rings. The van der Waals surface area contributed by atoms with E-state index in [9.17, 15) is 0 Å². The predicted octanol–water partition coefficient (Wildman–Crippen LogP) is 8.00. The maximum Gasteiger partial charge on any atom is -0.0106 e. The smallest absolute Gasteiger partial charge is 0.0106 e. The first-order chi connectivity index (χ1) is 13.3. The Morgan fingerprint density at radius 2 is 1.52 bits per heavy atom. The topological polar surface area (TPSA) is 0 Å². The van der Waals surface area contributed by atoms with Gasteiger partial charge < -0.3 is 0 Å². The second-order valence-corrected chi connectivity index (χ2v) is 6.66. The van der Waals surface area contributed by atoms with Crippen LogP contribution in [0.2, 0.25) is 0 Å². The van der Waals surface area contributed by atoms with E-state index in [0.29, 0.717) is 5.92 Å². The van der Waals surface area contributed by atoms with Crippen LogP contribution in [0, 0.1) is 5.92 Å². The van der Waals surface area contributed by atoms with Crippen molar-refractivity contribution >= 4 is 5.57 Å². The zero-order valence-corrected chi connectivity index (χ0v) is 17.0. The summed E-state index contributed by atoms with van der Waals surface area (Å²) in [6.45, 7) is 10.4. The number of rotatable bonds is 6. The third-order valence-electron chi connectivity index (χ3n) is 4.71. The minimum absolute atomic E-state index is 0.566. The summed E-state index contributed by atoms with van der Waals surface area (Å²) in [4.78, 5) is 0. The molecule has 0 saturated carbocycles. The van der Waals surface area contributed by atoms with E-state index in [1.165, 1.54) is 27.8 Å². The number of hydrogen-bond acceptors (Lipinski definition) is 0. The highest BCUT2D eigenvalue weighted by atomic mass is 14.2. The molecule has 0 spiro atoms. The van der Waals surface area contributed by atoms with E-state index < -0.39 is 0 Å². The summed E-state index contributed by atoms with van der Waals surface area (Å²) in [6.07, 6.45) is 12.5. The van der Waals surface area contributed by atoms with Crippen molar-refractivity contribution in [2.75, 3.05) is 0 Å². The van der Waals surface area contributed by atoms with Gasteiger partial charge in [0.2, 0.25) is 0 Å². The Kier molecular flexibility index (Phi) is 8.58. The van der Waals surface area contributed by atoms with Gasteiger partial charge in [0, 0.05) is 0 Å². The summed E-state index contributed by atoms with van der Waals surface area (Å²) in [5.74, 6) is 0.566. The molecule has 0 radical (unpaired) electrons. The van der Waals surface area contributed by atoms with Crippen molar-refractivity contribution in [3.8, 4) is 0 Å². The van der Waals surface area contributed by atoms with Gasteiger partial charge in [0.15, 0.2) is 0 Å². The maximum atomic E-state index is 4.18. The van der Waals surface area contributed by atoms with Crippen LogP contribution >= 0.6 is 0 Å². The molecular weight excluding hydrogens is 324 g/mol. The van der Waals surface area contributed by atoms with Crippen LogP contribution in [0.15, 0.2) is 103 Å². The second kappa shape index (κ2) is 11.2. The molecular formula is C27H32. The van der Waals surface area contributed by atoms with Crippen LogP contribution in [-0.2, 0) is 0 Å². The van der Waals surface area contributed by atoms with Crippen LogP contribution in [-0.4, -0.2) is 0 Å². The molecule has 0 nitrogen and oxygen atoms in total. The van der Waals surface area contributed by atoms with E-state index in [1.54, 1.807) is 0 Å². The standard InChI is InChI=1S/C25H26.C2H6/c1-3-20(2)17-21-11-10-12-22(18-21)19-25(23-13-6-4-7-14-23)24-15-8-5-9-16-24;1-2/h4-10,12-16,18-19,21H,2-3,11,17H2,1H3;1-2H3. The molecule has 1 aliphatic rings. The Morgan fingerprint density at radius 3 is 2.04 bits per heavy atom. The van der Waals surface area contributed by atoms with Crippen molar-refractivity contribution in [1.82, 2.24) is 0 Å². The van der Waals surface area contributed by atoms with Gasteiger partial charge in [-0.1, -0.05) is 112 Å². The average Bonchev–Trinajstić information content (AvgIpc) is 2.75. The number of allylic oxidation sites excluding steroid dienone is 6. The third kappa shape index (κ3) is 6.25. The van der Waals surface area contributed by atoms with Crippen LogP contribution in [0.1, 0.15) is 51.2 Å². The first kappa shape index (κ1) is 20.7. The van der Waals surface area contributed by atoms with E-state index in [4.69, 9.17) is 0 Å². The zero-order valence-electron chi connectivity index (χ0n) is 17.0. The summed E-state index contributed by atoms with van der Waals surface area (Å²) >= 11 is 0. The molecule has 0 N–H and O–H groups in total. The molecule has 3 rings (SSSR count). The number of hydrogen-bond donors (Lipinski definition) is 0. The summed E-state index contributed by atoms with van der Waals surface area (Å²) < 4.78 is 0. The van der Waals surface area contributed by atoms with E-state index in [2.05, 4.69) is 98.5 Å². The van der Waals surface area contributed by atoms with Gasteiger partial charge in [0.25, 0.3) is 0 Å². The summed E-state index contributed by atoms with van der Waals surface area (Å²) in [5, 5.41) is 0. The van der Waals surface area contributed by atoms with Crippen molar-refractivity contribution in [2.45, 2.75) is 40.0 Å². The van der Waals surface area contributed by atoms with Gasteiger partial charge in [-0.2, -0.15) is 0 Å². The second-order valence-electron chi connectivity index (χ2n) is 6.66. The van der Waals surface area contributed by atoms with Gasteiger partial charge in [-0.3, -0.25) is 0 Å². The zero-order chi connectivity index (χ0) is 19.5. The van der Waals surface area contributed by atoms with Crippen molar-refractivity contribution in [3.63, 3.8) is 0 Å². The molecule has 140 valence electrons. The fraction of sp³-hybridized carbons (Fsp3) is 0.259. The van der Waals surface area contributed by atoms with Gasteiger partial charge in [0.1, 0.15) is 0 Å². The van der Waals surface area contributed by atoms with Gasteiger partial charge >= 0.3 is 0 Å². The van der Waals surface area contributed by atoms with E-state index in [1.807, 2.05) is 13.8 Å². The van der Waals surface area contributed by atoms with Crippen LogP contribution in [0.25, 0.3) is 5.57 Å². The lowest BCUT2D eigenvalue weighted by molar-refractivity contribution is 0.635. The molecule has 0 aromatic heterocycles. The highest BCUT2D eigenvalue weighted by Crippen LogP contribution is 2.29. The SMILES string of the molecule is C=C(CC)CC1C=C(C=C(c2ccccc2)c2ccccc2)C=CC1.CC. The summed E-state index contributed by atoms with van der Waals surface area (Å²) in [5.41, 5.74) is 6.41. The Labute approximate surface area is 165 Å². The van der Waals surface area contributed by atoms with Crippen molar-refractivity contribution in [3.05, 3.63) is 114 Å². The minimum Gasteiger partial charge on any atom is -0.0999 e. The fourth-order valence-electron chi connectivity index (χ4n) is 3.26. The quantitative estimate of drug-likeness (QED) is 0.460. The normalized spacial score (nSPS) is 15.2. The van der Waals surface area contributed by atoms with Gasteiger partial charge in [-0.05, 0) is 53.5 Å². The largest absolute Gasteiger partial charge is 0.0999 e. The molecule has 0 bridgehead atoms. The Hall–Kier alpha value is -2.60. The molecule has 2 aromatic carbocycles. The first-order valence-electron chi connectivity index (χ1n) is 10.1.